The van der Waals surface area contributed by atoms with Crippen molar-refractivity contribution in [2.75, 3.05) is 26.1 Å². The standard InChI is InChI=1S/C12H19NO3/c1-4-9(8-15-2)13-10-5-6-12(16-3)11(14)7-10/h5-7,9,13-14H,4,8H2,1-3H3. The van der Waals surface area contributed by atoms with Crippen LogP contribution in [0.3, 0.4) is 0 Å². The van der Waals surface area contributed by atoms with E-state index in [1.165, 1.54) is 7.11 Å². The Labute approximate surface area is 96.2 Å². The van der Waals surface area contributed by atoms with Crippen molar-refractivity contribution in [3.63, 3.8) is 0 Å². The number of hydrogen-bond donors (Lipinski definition) is 2. The van der Waals surface area contributed by atoms with Gasteiger partial charge >= 0.3 is 0 Å². The summed E-state index contributed by atoms with van der Waals surface area (Å²) in [5.41, 5.74) is 0.863. The lowest BCUT2D eigenvalue weighted by Gasteiger charge is -2.17. The van der Waals surface area contributed by atoms with Gasteiger partial charge in [-0.25, -0.2) is 0 Å². The molecular formula is C12H19NO3. The maximum Gasteiger partial charge on any atom is 0.160 e. The highest BCUT2D eigenvalue weighted by atomic mass is 16.5. The van der Waals surface area contributed by atoms with E-state index in [4.69, 9.17) is 9.47 Å². The number of ether oxygens (including phenoxy) is 2. The van der Waals surface area contributed by atoms with E-state index in [1.807, 2.05) is 6.07 Å². The summed E-state index contributed by atoms with van der Waals surface area (Å²) in [4.78, 5) is 0. The molecule has 1 rings (SSSR count). The maximum atomic E-state index is 9.61. The lowest BCUT2D eigenvalue weighted by atomic mass is 10.2. The fourth-order valence-electron chi connectivity index (χ4n) is 1.48. The normalized spacial score (nSPS) is 12.2. The van der Waals surface area contributed by atoms with Crippen molar-refractivity contribution < 1.29 is 14.6 Å². The zero-order valence-corrected chi connectivity index (χ0v) is 9.99. The highest BCUT2D eigenvalue weighted by Gasteiger charge is 2.07. The van der Waals surface area contributed by atoms with Crippen LogP contribution in [0, 0.1) is 0 Å². The molecule has 2 N–H and O–H groups in total. The Morgan fingerprint density at radius 3 is 2.62 bits per heavy atom. The average molecular weight is 225 g/mol. The minimum atomic E-state index is 0.139. The summed E-state index contributed by atoms with van der Waals surface area (Å²) < 4.78 is 10.1. The van der Waals surface area contributed by atoms with Crippen molar-refractivity contribution in [3.8, 4) is 11.5 Å². The summed E-state index contributed by atoms with van der Waals surface area (Å²) in [6.07, 6.45) is 0.959. The first-order valence-corrected chi connectivity index (χ1v) is 5.33. The summed E-state index contributed by atoms with van der Waals surface area (Å²) in [6, 6.07) is 5.50. The van der Waals surface area contributed by atoms with Crippen molar-refractivity contribution in [1.82, 2.24) is 0 Å². The summed E-state index contributed by atoms with van der Waals surface area (Å²) in [7, 11) is 3.21. The first-order valence-electron chi connectivity index (χ1n) is 5.33. The Kier molecular flexibility index (Phi) is 4.92. The molecule has 0 aliphatic heterocycles. The van der Waals surface area contributed by atoms with Crippen LogP contribution in [0.15, 0.2) is 18.2 Å². The molecule has 0 fully saturated rings. The Bertz CT molecular complexity index is 328. The highest BCUT2D eigenvalue weighted by molar-refractivity contribution is 5.54. The van der Waals surface area contributed by atoms with E-state index >= 15 is 0 Å². The SMILES string of the molecule is CCC(COC)Nc1ccc(OC)c(O)c1. The fourth-order valence-corrected chi connectivity index (χ4v) is 1.48. The Morgan fingerprint density at radius 2 is 2.12 bits per heavy atom. The van der Waals surface area contributed by atoms with Gasteiger partial charge in [0.2, 0.25) is 0 Å². The molecule has 0 aromatic heterocycles. The van der Waals surface area contributed by atoms with Crippen molar-refractivity contribution in [2.45, 2.75) is 19.4 Å². The van der Waals surface area contributed by atoms with Crippen LogP contribution in [-0.2, 0) is 4.74 Å². The van der Waals surface area contributed by atoms with Crippen molar-refractivity contribution >= 4 is 5.69 Å². The first kappa shape index (κ1) is 12.6. The molecule has 4 nitrogen and oxygen atoms in total. The molecule has 0 aliphatic carbocycles. The zero-order chi connectivity index (χ0) is 12.0. The molecular weight excluding hydrogens is 206 g/mol. The molecule has 0 saturated heterocycles. The lowest BCUT2D eigenvalue weighted by molar-refractivity contribution is 0.184. The summed E-state index contributed by atoms with van der Waals surface area (Å²) in [5.74, 6) is 0.616. The van der Waals surface area contributed by atoms with E-state index in [2.05, 4.69) is 12.2 Å². The number of anilines is 1. The number of rotatable bonds is 6. The Hall–Kier alpha value is -1.42. The molecule has 0 saturated carbocycles. The van der Waals surface area contributed by atoms with Gasteiger partial charge in [0, 0.05) is 24.9 Å². The molecule has 16 heavy (non-hydrogen) atoms. The smallest absolute Gasteiger partial charge is 0.160 e. The van der Waals surface area contributed by atoms with Gasteiger partial charge in [-0.3, -0.25) is 0 Å². The third kappa shape index (κ3) is 3.31. The number of methoxy groups -OCH3 is 2. The van der Waals surface area contributed by atoms with Crippen LogP contribution in [0.1, 0.15) is 13.3 Å². The van der Waals surface area contributed by atoms with Crippen LogP contribution in [0.2, 0.25) is 0 Å². The summed E-state index contributed by atoms with van der Waals surface area (Å²) >= 11 is 0. The van der Waals surface area contributed by atoms with Crippen LogP contribution in [0.4, 0.5) is 5.69 Å². The Balaban J connectivity index is 2.69. The van der Waals surface area contributed by atoms with Crippen LogP contribution in [-0.4, -0.2) is 32.0 Å². The van der Waals surface area contributed by atoms with Gasteiger partial charge in [0.15, 0.2) is 11.5 Å². The van der Waals surface area contributed by atoms with Gasteiger partial charge in [0.05, 0.1) is 13.7 Å². The molecule has 1 unspecified atom stereocenters. The topological polar surface area (TPSA) is 50.7 Å². The molecule has 0 heterocycles. The van der Waals surface area contributed by atoms with Crippen LogP contribution < -0.4 is 10.1 Å². The summed E-state index contributed by atoms with van der Waals surface area (Å²) in [6.45, 7) is 2.73. The van der Waals surface area contributed by atoms with Crippen molar-refractivity contribution in [2.24, 2.45) is 0 Å². The molecule has 1 atom stereocenters. The maximum absolute atomic E-state index is 9.61. The monoisotopic (exact) mass is 225 g/mol. The van der Waals surface area contributed by atoms with Crippen LogP contribution in [0.25, 0.3) is 0 Å². The fraction of sp³-hybridized carbons (Fsp3) is 0.500. The minimum Gasteiger partial charge on any atom is -0.504 e. The van der Waals surface area contributed by atoms with Crippen LogP contribution in [0.5, 0.6) is 11.5 Å². The first-order chi connectivity index (χ1) is 7.71. The van der Waals surface area contributed by atoms with E-state index in [1.54, 1.807) is 19.2 Å². The van der Waals surface area contributed by atoms with Gasteiger partial charge < -0.3 is 19.9 Å². The van der Waals surface area contributed by atoms with E-state index < -0.39 is 0 Å². The molecule has 0 spiro atoms. The lowest BCUT2D eigenvalue weighted by Crippen LogP contribution is -2.23. The minimum absolute atomic E-state index is 0.139. The largest absolute Gasteiger partial charge is 0.504 e. The Morgan fingerprint density at radius 1 is 1.38 bits per heavy atom. The van der Waals surface area contributed by atoms with Gasteiger partial charge in [-0.15, -0.1) is 0 Å². The molecule has 1 aromatic rings. The highest BCUT2D eigenvalue weighted by Crippen LogP contribution is 2.28. The third-order valence-corrected chi connectivity index (χ3v) is 2.41. The van der Waals surface area contributed by atoms with Crippen molar-refractivity contribution in [1.29, 1.82) is 0 Å². The average Bonchev–Trinajstić information content (AvgIpc) is 2.28. The third-order valence-electron chi connectivity index (χ3n) is 2.41. The second kappa shape index (κ2) is 6.23. The van der Waals surface area contributed by atoms with Crippen molar-refractivity contribution in [3.05, 3.63) is 18.2 Å². The second-order valence-electron chi connectivity index (χ2n) is 3.59. The van der Waals surface area contributed by atoms with Gasteiger partial charge in [-0.05, 0) is 18.6 Å². The van der Waals surface area contributed by atoms with E-state index in [-0.39, 0.29) is 11.8 Å². The molecule has 0 radical (unpaired) electrons. The number of phenolic OH excluding ortho intramolecular Hbond substituents is 1. The number of phenols is 1. The van der Waals surface area contributed by atoms with E-state index in [9.17, 15) is 5.11 Å². The molecule has 0 amide bonds. The molecule has 90 valence electrons. The van der Waals surface area contributed by atoms with E-state index in [0.717, 1.165) is 12.1 Å². The zero-order valence-electron chi connectivity index (χ0n) is 9.99. The number of hydrogen-bond acceptors (Lipinski definition) is 4. The molecule has 1 aromatic carbocycles. The van der Waals surface area contributed by atoms with E-state index in [0.29, 0.717) is 12.4 Å². The quantitative estimate of drug-likeness (QED) is 0.779. The number of aromatic hydroxyl groups is 1. The summed E-state index contributed by atoms with van der Waals surface area (Å²) in [5, 5.41) is 12.9. The van der Waals surface area contributed by atoms with Gasteiger partial charge in [0.25, 0.3) is 0 Å². The van der Waals surface area contributed by atoms with Gasteiger partial charge in [-0.1, -0.05) is 6.92 Å². The molecule has 0 bridgehead atoms. The van der Waals surface area contributed by atoms with Crippen LogP contribution >= 0.6 is 0 Å². The number of benzene rings is 1. The second-order valence-corrected chi connectivity index (χ2v) is 3.59. The van der Waals surface area contributed by atoms with Gasteiger partial charge in [-0.2, -0.15) is 0 Å². The predicted molar refractivity (Wildman–Crippen MR) is 64.2 cm³/mol. The molecule has 0 aliphatic rings. The van der Waals surface area contributed by atoms with Gasteiger partial charge in [0.1, 0.15) is 0 Å². The predicted octanol–water partition coefficient (Wildman–Crippen LogP) is 2.24. The number of nitrogens with one attached hydrogen (secondary N) is 1. The molecule has 4 heteroatoms.